The van der Waals surface area contributed by atoms with Gasteiger partial charge in [0.1, 0.15) is 0 Å². The van der Waals surface area contributed by atoms with Gasteiger partial charge < -0.3 is 0 Å². The van der Waals surface area contributed by atoms with Crippen LogP contribution in [0.25, 0.3) is 111 Å². The quantitative estimate of drug-likeness (QED) is 0.159. The van der Waals surface area contributed by atoms with Crippen molar-refractivity contribution in [1.82, 2.24) is 19.9 Å². The molecule has 0 N–H and O–H groups in total. The van der Waals surface area contributed by atoms with Crippen LogP contribution in [0.2, 0.25) is 0 Å². The third kappa shape index (κ3) is 6.05. The molecule has 3 heterocycles. The van der Waals surface area contributed by atoms with E-state index < -0.39 is 0 Å². The summed E-state index contributed by atoms with van der Waals surface area (Å²) in [5.74, 6) is 0.707. The number of hydrogen-bond acceptors (Lipinski definition) is 4. The fourth-order valence-corrected chi connectivity index (χ4v) is 8.06. The lowest BCUT2D eigenvalue weighted by Gasteiger charge is -2.12. The largest absolute Gasteiger partial charge is 0.245 e. The van der Waals surface area contributed by atoms with E-state index in [1.807, 2.05) is 12.1 Å². The Bertz CT molecular complexity index is 3300. The summed E-state index contributed by atoms with van der Waals surface area (Å²) >= 11 is 0. The number of rotatable bonds is 6. The van der Waals surface area contributed by atoms with Gasteiger partial charge in [0.15, 0.2) is 5.82 Å². The fourth-order valence-electron chi connectivity index (χ4n) is 8.06. The van der Waals surface area contributed by atoms with Gasteiger partial charge in [-0.05, 0) is 57.3 Å². The number of hydrogen-bond donors (Lipinski definition) is 0. The Kier molecular flexibility index (Phi) is 8.11. The van der Waals surface area contributed by atoms with Gasteiger partial charge in [0.25, 0.3) is 0 Å². The predicted octanol–water partition coefficient (Wildman–Crippen LogP) is 13.9. The summed E-state index contributed by atoms with van der Waals surface area (Å²) in [5, 5.41) is 5.54. The van der Waals surface area contributed by atoms with Crippen LogP contribution in [0.3, 0.4) is 0 Å². The molecule has 0 saturated heterocycles. The molecule has 0 saturated carbocycles. The Labute approximate surface area is 335 Å². The molecule has 8 aromatic carbocycles. The maximum atomic E-state index is 5.23. The molecule has 0 bridgehead atoms. The van der Waals surface area contributed by atoms with E-state index in [0.717, 1.165) is 88.7 Å². The normalized spacial score (nSPS) is 11.4. The molecule has 4 nitrogen and oxygen atoms in total. The molecule has 0 radical (unpaired) electrons. The minimum absolute atomic E-state index is 0.707. The zero-order valence-electron chi connectivity index (χ0n) is 31.4. The molecule has 58 heavy (non-hydrogen) atoms. The number of pyridine rings is 2. The van der Waals surface area contributed by atoms with Gasteiger partial charge in [0.2, 0.25) is 0 Å². The van der Waals surface area contributed by atoms with Crippen LogP contribution >= 0.6 is 0 Å². The van der Waals surface area contributed by atoms with Crippen molar-refractivity contribution in [2.45, 2.75) is 0 Å². The van der Waals surface area contributed by atoms with E-state index in [4.69, 9.17) is 19.9 Å². The van der Waals surface area contributed by atoms with Gasteiger partial charge in [-0.25, -0.2) is 19.9 Å². The molecule has 270 valence electrons. The van der Waals surface area contributed by atoms with Crippen molar-refractivity contribution in [2.75, 3.05) is 0 Å². The lowest BCUT2D eigenvalue weighted by Crippen LogP contribution is -1.96. The van der Waals surface area contributed by atoms with Gasteiger partial charge >= 0.3 is 0 Å². The number of aromatic nitrogens is 4. The standard InChI is InChI=1S/C54H34N4/c1-3-10-35(11-4-1)36-20-26-43(27-21-36)54-57-50-33-30-44(34-47(50)51(58-54)40-13-5-2-6-14-40)37-18-22-39(23-19-37)48-31-28-41-24-25-42-29-32-49(56-53(42)52(41)55-48)46-17-9-15-38-12-7-8-16-45(38)46/h1-34H. The first-order valence-corrected chi connectivity index (χ1v) is 19.5. The first-order chi connectivity index (χ1) is 28.7. The Morgan fingerprint density at radius 3 is 1.55 bits per heavy atom. The van der Waals surface area contributed by atoms with Crippen LogP contribution in [0, 0.1) is 0 Å². The molecule has 11 aromatic rings. The molecule has 4 heteroatoms. The van der Waals surface area contributed by atoms with Crippen molar-refractivity contribution in [1.29, 1.82) is 0 Å². The van der Waals surface area contributed by atoms with E-state index in [1.54, 1.807) is 0 Å². The maximum Gasteiger partial charge on any atom is 0.160 e. The summed E-state index contributed by atoms with van der Waals surface area (Å²) in [7, 11) is 0. The van der Waals surface area contributed by atoms with Gasteiger partial charge in [-0.15, -0.1) is 0 Å². The number of benzene rings is 8. The van der Waals surface area contributed by atoms with E-state index in [-0.39, 0.29) is 0 Å². The Morgan fingerprint density at radius 1 is 0.276 bits per heavy atom. The summed E-state index contributed by atoms with van der Waals surface area (Å²) in [5.41, 5.74) is 14.2. The zero-order valence-corrected chi connectivity index (χ0v) is 31.4. The SMILES string of the molecule is c1ccc(-c2ccc(-c3nc(-c4ccccc4)c4cc(-c5ccc(-c6ccc7ccc8ccc(-c9cccc%10ccccc9%10)nc8c7n6)cc5)ccc4n3)cc2)cc1. The predicted molar refractivity (Wildman–Crippen MR) is 240 cm³/mol. The molecule has 0 aliphatic rings. The third-order valence-corrected chi connectivity index (χ3v) is 11.1. The topological polar surface area (TPSA) is 51.6 Å². The van der Waals surface area contributed by atoms with Crippen molar-refractivity contribution < 1.29 is 0 Å². The van der Waals surface area contributed by atoms with Crippen LogP contribution in [-0.4, -0.2) is 19.9 Å². The van der Waals surface area contributed by atoms with Crippen molar-refractivity contribution >= 4 is 43.5 Å². The molecule has 3 aromatic heterocycles. The molecule has 0 aliphatic heterocycles. The lowest BCUT2D eigenvalue weighted by molar-refractivity contribution is 1.23. The summed E-state index contributed by atoms with van der Waals surface area (Å²) in [4.78, 5) is 20.7. The van der Waals surface area contributed by atoms with Crippen LogP contribution in [0.1, 0.15) is 0 Å². The van der Waals surface area contributed by atoms with Gasteiger partial charge in [0, 0.05) is 38.4 Å². The molecule has 0 spiro atoms. The van der Waals surface area contributed by atoms with E-state index in [1.165, 1.54) is 16.3 Å². The maximum absolute atomic E-state index is 5.23. The second-order valence-corrected chi connectivity index (χ2v) is 14.6. The zero-order chi connectivity index (χ0) is 38.4. The first-order valence-electron chi connectivity index (χ1n) is 19.5. The van der Waals surface area contributed by atoms with Gasteiger partial charge in [-0.1, -0.05) is 182 Å². The number of fused-ring (bicyclic) bond motifs is 5. The molecule has 0 fully saturated rings. The Hall–Kier alpha value is -7.82. The minimum Gasteiger partial charge on any atom is -0.245 e. The van der Waals surface area contributed by atoms with Crippen molar-refractivity contribution in [3.63, 3.8) is 0 Å². The van der Waals surface area contributed by atoms with Crippen molar-refractivity contribution in [3.05, 3.63) is 206 Å². The highest BCUT2D eigenvalue weighted by Crippen LogP contribution is 2.35. The van der Waals surface area contributed by atoms with Crippen LogP contribution < -0.4 is 0 Å². The second-order valence-electron chi connectivity index (χ2n) is 14.6. The first kappa shape index (κ1) is 33.5. The molecule has 0 unspecified atom stereocenters. The molecule has 0 atom stereocenters. The smallest absolute Gasteiger partial charge is 0.160 e. The highest BCUT2D eigenvalue weighted by atomic mass is 14.9. The van der Waals surface area contributed by atoms with Crippen LogP contribution in [-0.2, 0) is 0 Å². The second kappa shape index (κ2) is 14.0. The van der Waals surface area contributed by atoms with Crippen molar-refractivity contribution in [2.24, 2.45) is 0 Å². The van der Waals surface area contributed by atoms with E-state index in [0.29, 0.717) is 5.82 Å². The monoisotopic (exact) mass is 738 g/mol. The highest BCUT2D eigenvalue weighted by Gasteiger charge is 2.15. The average Bonchev–Trinajstić information content (AvgIpc) is 3.31. The van der Waals surface area contributed by atoms with Crippen LogP contribution in [0.5, 0.6) is 0 Å². The number of nitrogens with zero attached hydrogens (tertiary/aromatic N) is 4. The Balaban J connectivity index is 0.946. The molecule has 0 aliphatic carbocycles. The van der Waals surface area contributed by atoms with Crippen LogP contribution in [0.15, 0.2) is 206 Å². The molecular formula is C54H34N4. The molecule has 0 amide bonds. The highest BCUT2D eigenvalue weighted by molar-refractivity contribution is 6.05. The van der Waals surface area contributed by atoms with Crippen LogP contribution in [0.4, 0.5) is 0 Å². The third-order valence-electron chi connectivity index (χ3n) is 11.1. The van der Waals surface area contributed by atoms with Crippen molar-refractivity contribution in [3.8, 4) is 67.4 Å². The molecule has 11 rings (SSSR count). The summed E-state index contributed by atoms with van der Waals surface area (Å²) in [6.45, 7) is 0. The van der Waals surface area contributed by atoms with E-state index in [9.17, 15) is 0 Å². The summed E-state index contributed by atoms with van der Waals surface area (Å²) < 4.78 is 0. The van der Waals surface area contributed by atoms with Gasteiger partial charge in [0.05, 0.1) is 33.6 Å². The molecular weight excluding hydrogens is 705 g/mol. The average molecular weight is 739 g/mol. The Morgan fingerprint density at radius 2 is 0.810 bits per heavy atom. The van der Waals surface area contributed by atoms with Gasteiger partial charge in [-0.3, -0.25) is 0 Å². The lowest BCUT2D eigenvalue weighted by atomic mass is 9.98. The summed E-state index contributed by atoms with van der Waals surface area (Å²) in [6, 6.07) is 72.1. The van der Waals surface area contributed by atoms with E-state index >= 15 is 0 Å². The van der Waals surface area contributed by atoms with Gasteiger partial charge in [-0.2, -0.15) is 0 Å². The fraction of sp³-hybridized carbons (Fsp3) is 0. The van der Waals surface area contributed by atoms with E-state index in [2.05, 4.69) is 194 Å². The minimum atomic E-state index is 0.707. The summed E-state index contributed by atoms with van der Waals surface area (Å²) in [6.07, 6.45) is 0.